The Bertz CT molecular complexity index is 219. The molecule has 0 radical (unpaired) electrons. The lowest BCUT2D eigenvalue weighted by atomic mass is 9.73. The van der Waals surface area contributed by atoms with Gasteiger partial charge in [-0.25, -0.2) is 4.79 Å². The maximum Gasteiger partial charge on any atom is 0.506 e. The second kappa shape index (κ2) is 3.79. The number of carbonyl (C=O) groups is 1. The molecule has 0 aromatic carbocycles. The first-order chi connectivity index (χ1) is 6.70. The van der Waals surface area contributed by atoms with Gasteiger partial charge in [-0.1, -0.05) is 19.3 Å². The molecule has 2 rings (SSSR count). The van der Waals surface area contributed by atoms with E-state index in [1.54, 1.807) is 0 Å². The molecule has 2 aliphatic carbocycles. The van der Waals surface area contributed by atoms with Gasteiger partial charge in [0.15, 0.2) is 0 Å². The lowest BCUT2D eigenvalue weighted by Crippen LogP contribution is -2.22. The molecule has 2 fully saturated rings. The van der Waals surface area contributed by atoms with Crippen LogP contribution in [-0.2, 0) is 4.74 Å². The maximum absolute atomic E-state index is 10.4. The summed E-state index contributed by atoms with van der Waals surface area (Å²) >= 11 is 0. The predicted octanol–water partition coefficient (Wildman–Crippen LogP) is 3.18. The van der Waals surface area contributed by atoms with Crippen molar-refractivity contribution < 1.29 is 14.6 Å². The minimum absolute atomic E-state index is 0.0226. The van der Waals surface area contributed by atoms with E-state index in [4.69, 9.17) is 9.84 Å². The van der Waals surface area contributed by atoms with Crippen LogP contribution in [0.5, 0.6) is 0 Å². The average molecular weight is 198 g/mol. The first-order valence-electron chi connectivity index (χ1n) is 5.60. The number of hydrogen-bond acceptors (Lipinski definition) is 2. The standard InChI is InChI=1S/C11H18O3/c12-10(13)14-9-4-7-11(8-9)5-2-1-3-6-11/h9H,1-8H2,(H,12,13). The molecular weight excluding hydrogens is 180 g/mol. The Hall–Kier alpha value is -0.730. The highest BCUT2D eigenvalue weighted by Crippen LogP contribution is 2.49. The smallest absolute Gasteiger partial charge is 0.450 e. The Balaban J connectivity index is 1.89. The zero-order valence-electron chi connectivity index (χ0n) is 8.50. The van der Waals surface area contributed by atoms with Crippen molar-refractivity contribution in [2.75, 3.05) is 0 Å². The zero-order chi connectivity index (χ0) is 10.0. The monoisotopic (exact) mass is 198 g/mol. The fourth-order valence-corrected chi connectivity index (χ4v) is 3.15. The number of carboxylic acid groups (broad SMARTS) is 1. The summed E-state index contributed by atoms with van der Waals surface area (Å²) in [5.41, 5.74) is 0.443. The molecule has 0 aromatic heterocycles. The van der Waals surface area contributed by atoms with E-state index in [0.717, 1.165) is 12.8 Å². The van der Waals surface area contributed by atoms with Crippen molar-refractivity contribution in [3.63, 3.8) is 0 Å². The van der Waals surface area contributed by atoms with Crippen molar-refractivity contribution in [2.24, 2.45) is 5.41 Å². The minimum Gasteiger partial charge on any atom is -0.450 e. The molecule has 0 aromatic rings. The lowest BCUT2D eigenvalue weighted by Gasteiger charge is -2.33. The fraction of sp³-hybridized carbons (Fsp3) is 0.909. The van der Waals surface area contributed by atoms with E-state index in [9.17, 15) is 4.79 Å². The third-order valence-electron chi connectivity index (χ3n) is 3.84. The van der Waals surface area contributed by atoms with Crippen LogP contribution < -0.4 is 0 Å². The van der Waals surface area contributed by atoms with E-state index in [1.807, 2.05) is 0 Å². The summed E-state index contributed by atoms with van der Waals surface area (Å²) in [6.07, 6.45) is 8.51. The molecule has 0 amide bonds. The van der Waals surface area contributed by atoms with E-state index in [1.165, 1.54) is 38.5 Å². The summed E-state index contributed by atoms with van der Waals surface area (Å²) in [6.45, 7) is 0. The highest BCUT2D eigenvalue weighted by atomic mass is 16.7. The number of ether oxygens (including phenoxy) is 1. The SMILES string of the molecule is O=C(O)OC1CCC2(CCCCC2)C1. The molecule has 80 valence electrons. The van der Waals surface area contributed by atoms with Gasteiger partial charge in [0, 0.05) is 0 Å². The summed E-state index contributed by atoms with van der Waals surface area (Å²) in [7, 11) is 0. The highest BCUT2D eigenvalue weighted by molar-refractivity contribution is 5.57. The Morgan fingerprint density at radius 2 is 1.93 bits per heavy atom. The number of rotatable bonds is 1. The topological polar surface area (TPSA) is 46.5 Å². The minimum atomic E-state index is -1.11. The largest absolute Gasteiger partial charge is 0.506 e. The zero-order valence-corrected chi connectivity index (χ0v) is 8.50. The summed E-state index contributed by atoms with van der Waals surface area (Å²) in [4.78, 5) is 10.4. The van der Waals surface area contributed by atoms with Gasteiger partial charge in [-0.15, -0.1) is 0 Å². The van der Waals surface area contributed by atoms with Gasteiger partial charge in [-0.05, 0) is 37.5 Å². The lowest BCUT2D eigenvalue weighted by molar-refractivity contribution is 0.0459. The van der Waals surface area contributed by atoms with E-state index in [-0.39, 0.29) is 6.10 Å². The van der Waals surface area contributed by atoms with Crippen molar-refractivity contribution in [1.29, 1.82) is 0 Å². The second-order valence-electron chi connectivity index (χ2n) is 4.81. The van der Waals surface area contributed by atoms with Crippen LogP contribution in [0, 0.1) is 5.41 Å². The summed E-state index contributed by atoms with van der Waals surface area (Å²) in [6, 6.07) is 0. The van der Waals surface area contributed by atoms with Gasteiger partial charge in [0.05, 0.1) is 0 Å². The molecule has 1 unspecified atom stereocenters. The Morgan fingerprint density at radius 3 is 2.57 bits per heavy atom. The number of hydrogen-bond donors (Lipinski definition) is 1. The van der Waals surface area contributed by atoms with Crippen LogP contribution in [0.25, 0.3) is 0 Å². The summed E-state index contributed by atoms with van der Waals surface area (Å²) in [5, 5.41) is 8.54. The van der Waals surface area contributed by atoms with Crippen LogP contribution >= 0.6 is 0 Å². The Kier molecular flexibility index (Phi) is 2.66. The van der Waals surface area contributed by atoms with Crippen molar-refractivity contribution in [2.45, 2.75) is 57.5 Å². The van der Waals surface area contributed by atoms with Crippen LogP contribution in [0.1, 0.15) is 51.4 Å². The van der Waals surface area contributed by atoms with Gasteiger partial charge in [-0.3, -0.25) is 0 Å². The highest BCUT2D eigenvalue weighted by Gasteiger charge is 2.41. The fourth-order valence-electron chi connectivity index (χ4n) is 3.15. The van der Waals surface area contributed by atoms with E-state index in [0.29, 0.717) is 5.41 Å². The molecule has 0 aliphatic heterocycles. The van der Waals surface area contributed by atoms with Gasteiger partial charge < -0.3 is 9.84 Å². The molecule has 3 nitrogen and oxygen atoms in total. The van der Waals surface area contributed by atoms with Crippen LogP contribution in [0.3, 0.4) is 0 Å². The Labute approximate surface area is 84.4 Å². The molecule has 0 heterocycles. The molecular formula is C11H18O3. The molecule has 1 N–H and O–H groups in total. The molecule has 2 aliphatic rings. The first-order valence-corrected chi connectivity index (χ1v) is 5.60. The van der Waals surface area contributed by atoms with E-state index < -0.39 is 6.16 Å². The molecule has 3 heteroatoms. The van der Waals surface area contributed by atoms with Gasteiger partial charge in [0.2, 0.25) is 0 Å². The van der Waals surface area contributed by atoms with Crippen LogP contribution in [0.15, 0.2) is 0 Å². The van der Waals surface area contributed by atoms with Crippen LogP contribution in [-0.4, -0.2) is 17.4 Å². The second-order valence-corrected chi connectivity index (χ2v) is 4.81. The Morgan fingerprint density at radius 1 is 1.21 bits per heavy atom. The maximum atomic E-state index is 10.4. The van der Waals surface area contributed by atoms with Crippen molar-refractivity contribution in [3.8, 4) is 0 Å². The molecule has 2 saturated carbocycles. The summed E-state index contributed by atoms with van der Waals surface area (Å²) < 4.78 is 4.86. The summed E-state index contributed by atoms with van der Waals surface area (Å²) in [5.74, 6) is 0. The van der Waals surface area contributed by atoms with Gasteiger partial charge in [0.25, 0.3) is 0 Å². The molecule has 14 heavy (non-hydrogen) atoms. The van der Waals surface area contributed by atoms with Crippen molar-refractivity contribution in [1.82, 2.24) is 0 Å². The van der Waals surface area contributed by atoms with E-state index >= 15 is 0 Å². The van der Waals surface area contributed by atoms with Gasteiger partial charge in [-0.2, -0.15) is 0 Å². The quantitative estimate of drug-likeness (QED) is 0.658. The van der Waals surface area contributed by atoms with Crippen molar-refractivity contribution in [3.05, 3.63) is 0 Å². The van der Waals surface area contributed by atoms with Crippen molar-refractivity contribution >= 4 is 6.16 Å². The molecule has 0 bridgehead atoms. The predicted molar refractivity (Wildman–Crippen MR) is 52.3 cm³/mol. The normalized spacial score (nSPS) is 30.4. The molecule has 1 spiro atoms. The average Bonchev–Trinajstić information content (AvgIpc) is 2.49. The molecule has 1 atom stereocenters. The van der Waals surface area contributed by atoms with Crippen LogP contribution in [0.2, 0.25) is 0 Å². The third-order valence-corrected chi connectivity index (χ3v) is 3.84. The third kappa shape index (κ3) is 2.02. The first kappa shape index (κ1) is 9.81. The van der Waals surface area contributed by atoms with Gasteiger partial charge in [0.1, 0.15) is 6.10 Å². The van der Waals surface area contributed by atoms with Crippen LogP contribution in [0.4, 0.5) is 4.79 Å². The van der Waals surface area contributed by atoms with Gasteiger partial charge >= 0.3 is 6.16 Å². The molecule has 0 saturated heterocycles. The van der Waals surface area contributed by atoms with E-state index in [2.05, 4.69) is 0 Å².